The Morgan fingerprint density at radius 1 is 1.25 bits per heavy atom. The van der Waals surface area contributed by atoms with E-state index < -0.39 is 5.76 Å². The van der Waals surface area contributed by atoms with Gasteiger partial charge in [-0.2, -0.15) is 0 Å². The summed E-state index contributed by atoms with van der Waals surface area (Å²) in [5.74, 6) is 0.193. The molecular formula is C16H12N4O3S. The minimum Gasteiger partial charge on any atom is -0.308 e. The van der Waals surface area contributed by atoms with E-state index in [1.54, 1.807) is 11.4 Å². The number of aromatic amines is 1. The Kier molecular flexibility index (Phi) is 3.39. The molecule has 0 spiro atoms. The lowest BCUT2D eigenvalue weighted by molar-refractivity contribution is 0.377. The van der Waals surface area contributed by atoms with Gasteiger partial charge in [-0.15, -0.1) is 11.3 Å². The summed E-state index contributed by atoms with van der Waals surface area (Å²) in [6.07, 6.45) is 0. The molecule has 4 aromatic rings. The van der Waals surface area contributed by atoms with E-state index in [4.69, 9.17) is 4.52 Å². The number of rotatable bonds is 3. The second kappa shape index (κ2) is 5.57. The van der Waals surface area contributed by atoms with Crippen LogP contribution in [0.4, 0.5) is 0 Å². The zero-order valence-electron chi connectivity index (χ0n) is 12.6. The van der Waals surface area contributed by atoms with Crippen LogP contribution in [0.5, 0.6) is 0 Å². The highest BCUT2D eigenvalue weighted by atomic mass is 32.1. The Hall–Kier alpha value is -3.00. The molecule has 0 atom stereocenters. The average molecular weight is 340 g/mol. The van der Waals surface area contributed by atoms with Crippen LogP contribution < -0.4 is 11.3 Å². The Bertz CT molecular complexity index is 1150. The maximum atomic E-state index is 12.1. The number of hydrogen-bond acceptors (Lipinski definition) is 6. The predicted octanol–water partition coefficient (Wildman–Crippen LogP) is 2.16. The molecule has 1 aromatic carbocycles. The third-order valence-corrected chi connectivity index (χ3v) is 4.65. The molecule has 0 aliphatic heterocycles. The summed E-state index contributed by atoms with van der Waals surface area (Å²) in [4.78, 5) is 31.2. The SMILES string of the molecule is Cc1ccccc1-c1noc(=O)n1Cc1nc2ccsc2c(=O)[nH]1. The first-order valence-electron chi connectivity index (χ1n) is 7.22. The van der Waals surface area contributed by atoms with Crippen molar-refractivity contribution in [2.75, 3.05) is 0 Å². The minimum atomic E-state index is -0.596. The molecule has 0 amide bonds. The third-order valence-electron chi connectivity index (χ3n) is 3.74. The molecule has 1 N–H and O–H groups in total. The summed E-state index contributed by atoms with van der Waals surface area (Å²) < 4.78 is 6.74. The van der Waals surface area contributed by atoms with Crippen LogP contribution in [0.1, 0.15) is 11.4 Å². The molecule has 24 heavy (non-hydrogen) atoms. The predicted molar refractivity (Wildman–Crippen MR) is 90.3 cm³/mol. The molecule has 0 radical (unpaired) electrons. The molecule has 0 unspecified atom stereocenters. The van der Waals surface area contributed by atoms with Crippen molar-refractivity contribution in [3.05, 3.63) is 68.0 Å². The molecule has 0 aliphatic carbocycles. The molecule has 3 aromatic heterocycles. The van der Waals surface area contributed by atoms with Crippen LogP contribution in [0.25, 0.3) is 21.6 Å². The van der Waals surface area contributed by atoms with Gasteiger partial charge in [-0.3, -0.25) is 9.32 Å². The van der Waals surface area contributed by atoms with Crippen LogP contribution in [0.2, 0.25) is 0 Å². The lowest BCUT2D eigenvalue weighted by Crippen LogP contribution is -2.20. The average Bonchev–Trinajstić information content (AvgIpc) is 3.16. The van der Waals surface area contributed by atoms with Crippen molar-refractivity contribution < 1.29 is 4.52 Å². The van der Waals surface area contributed by atoms with Crippen molar-refractivity contribution in [2.45, 2.75) is 13.5 Å². The Labute approximate surface area is 139 Å². The zero-order chi connectivity index (χ0) is 16.7. The number of nitrogens with one attached hydrogen (secondary N) is 1. The lowest BCUT2D eigenvalue weighted by Gasteiger charge is -2.06. The summed E-state index contributed by atoms with van der Waals surface area (Å²) in [5.41, 5.74) is 2.16. The van der Waals surface area contributed by atoms with Gasteiger partial charge < -0.3 is 4.98 Å². The number of fused-ring (bicyclic) bond motifs is 1. The van der Waals surface area contributed by atoms with E-state index in [0.717, 1.165) is 11.1 Å². The van der Waals surface area contributed by atoms with Gasteiger partial charge >= 0.3 is 5.76 Å². The fourth-order valence-corrected chi connectivity index (χ4v) is 3.30. The van der Waals surface area contributed by atoms with E-state index in [1.165, 1.54) is 15.9 Å². The summed E-state index contributed by atoms with van der Waals surface area (Å²) in [6.45, 7) is 2.00. The molecule has 8 heteroatoms. The Balaban J connectivity index is 1.82. The van der Waals surface area contributed by atoms with Crippen molar-refractivity contribution in [2.24, 2.45) is 0 Å². The highest BCUT2D eigenvalue weighted by Gasteiger charge is 2.16. The molecule has 0 saturated carbocycles. The Morgan fingerprint density at radius 3 is 2.92 bits per heavy atom. The first-order chi connectivity index (χ1) is 11.6. The maximum absolute atomic E-state index is 12.1. The van der Waals surface area contributed by atoms with Crippen molar-refractivity contribution in [1.82, 2.24) is 19.7 Å². The number of benzene rings is 1. The number of nitrogens with zero attached hydrogens (tertiary/aromatic N) is 3. The number of aryl methyl sites for hydroxylation is 1. The highest BCUT2D eigenvalue weighted by Crippen LogP contribution is 2.20. The highest BCUT2D eigenvalue weighted by molar-refractivity contribution is 7.17. The van der Waals surface area contributed by atoms with Gasteiger partial charge in [0.15, 0.2) is 5.82 Å². The van der Waals surface area contributed by atoms with Gasteiger partial charge in [-0.1, -0.05) is 29.4 Å². The number of thiophene rings is 1. The van der Waals surface area contributed by atoms with Crippen molar-refractivity contribution >= 4 is 21.6 Å². The van der Waals surface area contributed by atoms with E-state index in [1.807, 2.05) is 31.2 Å². The fraction of sp³-hybridized carbons (Fsp3) is 0.125. The molecule has 7 nitrogen and oxygen atoms in total. The van der Waals surface area contributed by atoms with Crippen molar-refractivity contribution in [3.8, 4) is 11.4 Å². The molecule has 4 rings (SSSR count). The fourth-order valence-electron chi connectivity index (χ4n) is 2.57. The van der Waals surface area contributed by atoms with Gasteiger partial charge in [-0.05, 0) is 23.9 Å². The normalized spacial score (nSPS) is 11.2. The van der Waals surface area contributed by atoms with E-state index in [0.29, 0.717) is 21.9 Å². The molecule has 0 saturated heterocycles. The lowest BCUT2D eigenvalue weighted by atomic mass is 10.1. The summed E-state index contributed by atoms with van der Waals surface area (Å²) in [5, 5.41) is 5.68. The van der Waals surface area contributed by atoms with E-state index >= 15 is 0 Å². The van der Waals surface area contributed by atoms with Crippen LogP contribution in [0, 0.1) is 6.92 Å². The zero-order valence-corrected chi connectivity index (χ0v) is 13.5. The van der Waals surface area contributed by atoms with E-state index in [9.17, 15) is 9.59 Å². The summed E-state index contributed by atoms with van der Waals surface area (Å²) in [7, 11) is 0. The quantitative estimate of drug-likeness (QED) is 0.617. The van der Waals surface area contributed by atoms with Crippen LogP contribution in [0.3, 0.4) is 0 Å². The smallest absolute Gasteiger partial charge is 0.308 e. The number of aromatic nitrogens is 4. The first-order valence-corrected chi connectivity index (χ1v) is 8.10. The maximum Gasteiger partial charge on any atom is 0.442 e. The first kappa shape index (κ1) is 14.6. The molecular weight excluding hydrogens is 328 g/mol. The molecule has 3 heterocycles. The van der Waals surface area contributed by atoms with Gasteiger partial charge in [0, 0.05) is 5.56 Å². The standard InChI is InChI=1S/C16H12N4O3S/c1-9-4-2-3-5-10(9)14-19-23-16(22)20(14)8-12-17-11-6-7-24-13(11)15(21)18-12/h2-7H,8H2,1H3,(H,17,18,21). The van der Waals surface area contributed by atoms with Crippen LogP contribution in [-0.4, -0.2) is 19.7 Å². The topological polar surface area (TPSA) is 93.8 Å². The second-order valence-electron chi connectivity index (χ2n) is 5.32. The molecule has 0 fully saturated rings. The van der Waals surface area contributed by atoms with E-state index in [-0.39, 0.29) is 12.1 Å². The molecule has 120 valence electrons. The molecule has 0 bridgehead atoms. The largest absolute Gasteiger partial charge is 0.442 e. The van der Waals surface area contributed by atoms with Gasteiger partial charge in [0.2, 0.25) is 0 Å². The van der Waals surface area contributed by atoms with E-state index in [2.05, 4.69) is 15.1 Å². The Morgan fingerprint density at radius 2 is 2.08 bits per heavy atom. The number of H-pyrrole nitrogens is 1. The van der Waals surface area contributed by atoms with Gasteiger partial charge in [0.05, 0.1) is 12.1 Å². The van der Waals surface area contributed by atoms with Crippen LogP contribution in [0.15, 0.2) is 49.8 Å². The summed E-state index contributed by atoms with van der Waals surface area (Å²) >= 11 is 1.33. The number of hydrogen-bond donors (Lipinski definition) is 1. The third kappa shape index (κ3) is 2.37. The second-order valence-corrected chi connectivity index (χ2v) is 6.24. The summed E-state index contributed by atoms with van der Waals surface area (Å²) in [6, 6.07) is 9.34. The van der Waals surface area contributed by atoms with Gasteiger partial charge in [0.1, 0.15) is 10.5 Å². The minimum absolute atomic E-state index is 0.0764. The van der Waals surface area contributed by atoms with Gasteiger partial charge in [0.25, 0.3) is 5.56 Å². The van der Waals surface area contributed by atoms with Crippen LogP contribution >= 0.6 is 11.3 Å². The monoisotopic (exact) mass is 340 g/mol. The van der Waals surface area contributed by atoms with Gasteiger partial charge in [-0.25, -0.2) is 14.3 Å². The van der Waals surface area contributed by atoms with Crippen molar-refractivity contribution in [1.29, 1.82) is 0 Å². The van der Waals surface area contributed by atoms with Crippen LogP contribution in [-0.2, 0) is 6.54 Å². The van der Waals surface area contributed by atoms with Crippen molar-refractivity contribution in [3.63, 3.8) is 0 Å². The molecule has 0 aliphatic rings.